The lowest BCUT2D eigenvalue weighted by molar-refractivity contribution is -0.384. The van der Waals surface area contributed by atoms with E-state index in [2.05, 4.69) is 24.1 Å². The number of carbonyl (C=O) groups excluding carboxylic acids is 2. The number of methoxy groups -OCH3 is 1. The topological polar surface area (TPSA) is 102 Å². The molecule has 0 spiro atoms. The lowest BCUT2D eigenvalue weighted by Gasteiger charge is -2.30. The van der Waals surface area contributed by atoms with Crippen molar-refractivity contribution < 1.29 is 19.2 Å². The largest absolute Gasteiger partial charge is 0.465 e. The summed E-state index contributed by atoms with van der Waals surface area (Å²) in [6.45, 7) is 5.81. The van der Waals surface area contributed by atoms with Crippen molar-refractivity contribution in [3.63, 3.8) is 0 Å². The number of ether oxygens (including phenoxy) is 1. The van der Waals surface area contributed by atoms with Crippen molar-refractivity contribution in [2.75, 3.05) is 19.0 Å². The molecule has 0 bridgehead atoms. The van der Waals surface area contributed by atoms with Gasteiger partial charge < -0.3 is 10.1 Å². The van der Waals surface area contributed by atoms with Crippen LogP contribution in [0.4, 0.5) is 10.7 Å². The molecule has 0 atom stereocenters. The highest BCUT2D eigenvalue weighted by molar-refractivity contribution is 7.17. The molecule has 3 rings (SSSR count). The van der Waals surface area contributed by atoms with Gasteiger partial charge in [0.1, 0.15) is 5.00 Å². The van der Waals surface area contributed by atoms with Gasteiger partial charge in [0.05, 0.1) is 17.6 Å². The molecule has 30 heavy (non-hydrogen) atoms. The monoisotopic (exact) mass is 429 g/mol. The number of hydrogen-bond acceptors (Lipinski definition) is 7. The van der Waals surface area contributed by atoms with E-state index in [1.54, 1.807) is 12.1 Å². The number of nitrogens with one attached hydrogen (secondary N) is 1. The van der Waals surface area contributed by atoms with Crippen molar-refractivity contribution in [2.24, 2.45) is 0 Å². The molecule has 8 nitrogen and oxygen atoms in total. The van der Waals surface area contributed by atoms with E-state index in [-0.39, 0.29) is 5.69 Å². The number of anilines is 1. The number of non-ortho nitro benzene ring substituents is 1. The lowest BCUT2D eigenvalue weighted by atomic mass is 10.0. The van der Waals surface area contributed by atoms with E-state index >= 15 is 0 Å². The quantitative estimate of drug-likeness (QED) is 0.324. The van der Waals surface area contributed by atoms with Gasteiger partial charge in [0.25, 0.3) is 5.69 Å². The number of carbonyl (C=O) groups is 2. The predicted octanol–water partition coefficient (Wildman–Crippen LogP) is 3.86. The minimum atomic E-state index is -0.489. The highest BCUT2D eigenvalue weighted by atomic mass is 32.1. The number of thiophene rings is 1. The molecule has 158 valence electrons. The highest BCUT2D eigenvalue weighted by Gasteiger charge is 2.29. The molecule has 9 heteroatoms. The van der Waals surface area contributed by atoms with Crippen molar-refractivity contribution in [3.8, 4) is 0 Å². The summed E-state index contributed by atoms with van der Waals surface area (Å²) in [6.07, 6.45) is 3.50. The van der Waals surface area contributed by atoms with Gasteiger partial charge in [0.15, 0.2) is 0 Å². The zero-order valence-electron chi connectivity index (χ0n) is 17.0. The van der Waals surface area contributed by atoms with Crippen molar-refractivity contribution >= 4 is 40.0 Å². The average molecular weight is 429 g/mol. The first-order valence-corrected chi connectivity index (χ1v) is 10.3. The second kappa shape index (κ2) is 9.19. The molecule has 1 N–H and O–H groups in total. The van der Waals surface area contributed by atoms with Gasteiger partial charge in [-0.3, -0.25) is 19.8 Å². The van der Waals surface area contributed by atoms with Gasteiger partial charge in [0, 0.05) is 42.2 Å². The average Bonchev–Trinajstić information content (AvgIpc) is 3.08. The molecule has 1 amide bonds. The number of nitro groups is 1. The summed E-state index contributed by atoms with van der Waals surface area (Å²) in [5.74, 6) is -0.894. The molecule has 1 aliphatic heterocycles. The van der Waals surface area contributed by atoms with Gasteiger partial charge >= 0.3 is 5.97 Å². The van der Waals surface area contributed by atoms with Crippen LogP contribution >= 0.6 is 11.3 Å². The van der Waals surface area contributed by atoms with Crippen LogP contribution in [0, 0.1) is 10.1 Å². The van der Waals surface area contributed by atoms with E-state index in [1.165, 1.54) is 42.7 Å². The van der Waals surface area contributed by atoms with E-state index in [0.717, 1.165) is 23.5 Å². The first-order chi connectivity index (χ1) is 14.3. The molecule has 2 heterocycles. The summed E-state index contributed by atoms with van der Waals surface area (Å²) >= 11 is 1.39. The Morgan fingerprint density at radius 1 is 1.37 bits per heavy atom. The van der Waals surface area contributed by atoms with Gasteiger partial charge in [-0.25, -0.2) is 4.79 Å². The minimum absolute atomic E-state index is 0.0498. The summed E-state index contributed by atoms with van der Waals surface area (Å²) in [5.41, 5.74) is 1.83. The maximum absolute atomic E-state index is 12.5. The number of esters is 1. The number of benzene rings is 1. The van der Waals surface area contributed by atoms with Crippen LogP contribution < -0.4 is 5.32 Å². The minimum Gasteiger partial charge on any atom is -0.465 e. The number of nitrogens with zero attached hydrogens (tertiary/aromatic N) is 2. The Morgan fingerprint density at radius 3 is 2.80 bits per heavy atom. The Kier molecular flexibility index (Phi) is 6.63. The number of nitro benzene ring substituents is 1. The summed E-state index contributed by atoms with van der Waals surface area (Å²) < 4.78 is 4.94. The zero-order chi connectivity index (χ0) is 21.8. The lowest BCUT2D eigenvalue weighted by Crippen LogP contribution is -2.35. The molecule has 0 saturated heterocycles. The molecule has 0 saturated carbocycles. The fourth-order valence-electron chi connectivity index (χ4n) is 3.34. The highest BCUT2D eigenvalue weighted by Crippen LogP contribution is 2.38. The maximum atomic E-state index is 12.5. The van der Waals surface area contributed by atoms with Crippen LogP contribution in [0.2, 0.25) is 0 Å². The first-order valence-electron chi connectivity index (χ1n) is 9.50. The number of amides is 1. The molecule has 1 aromatic carbocycles. The van der Waals surface area contributed by atoms with E-state index in [0.29, 0.717) is 28.6 Å². The molecule has 0 aliphatic carbocycles. The van der Waals surface area contributed by atoms with Gasteiger partial charge in [-0.15, -0.1) is 11.3 Å². The maximum Gasteiger partial charge on any atom is 0.341 e. The Balaban J connectivity index is 1.82. The summed E-state index contributed by atoms with van der Waals surface area (Å²) in [6, 6.07) is 6.38. The third kappa shape index (κ3) is 4.74. The van der Waals surface area contributed by atoms with Crippen LogP contribution in [0.25, 0.3) is 6.08 Å². The smallest absolute Gasteiger partial charge is 0.341 e. The van der Waals surface area contributed by atoms with Crippen LogP contribution in [0.5, 0.6) is 0 Å². The Morgan fingerprint density at radius 2 is 2.13 bits per heavy atom. The van der Waals surface area contributed by atoms with Gasteiger partial charge in [-0.1, -0.05) is 12.1 Å². The number of fused-ring (bicyclic) bond motifs is 1. The molecule has 2 aromatic rings. The van der Waals surface area contributed by atoms with Crippen LogP contribution in [0.3, 0.4) is 0 Å². The second-order valence-corrected chi connectivity index (χ2v) is 8.29. The number of hydrogen-bond donors (Lipinski definition) is 1. The Bertz CT molecular complexity index is 1010. The summed E-state index contributed by atoms with van der Waals surface area (Å²) in [5, 5.41) is 14.1. The van der Waals surface area contributed by atoms with Gasteiger partial charge in [-0.05, 0) is 37.5 Å². The van der Waals surface area contributed by atoms with Crippen molar-refractivity contribution in [1.29, 1.82) is 0 Å². The normalized spacial score (nSPS) is 14.0. The Labute approximate surface area is 178 Å². The first kappa shape index (κ1) is 21.7. The van der Waals surface area contributed by atoms with Crippen LogP contribution in [-0.4, -0.2) is 41.4 Å². The predicted molar refractivity (Wildman–Crippen MR) is 116 cm³/mol. The molecular formula is C21H23N3O5S. The summed E-state index contributed by atoms with van der Waals surface area (Å²) in [7, 11) is 1.32. The van der Waals surface area contributed by atoms with Crippen molar-refractivity contribution in [2.45, 2.75) is 32.9 Å². The molecular weight excluding hydrogens is 406 g/mol. The number of rotatable bonds is 6. The van der Waals surface area contributed by atoms with Crippen LogP contribution in [0.1, 0.15) is 40.2 Å². The van der Waals surface area contributed by atoms with Crippen LogP contribution in [-0.2, 0) is 22.5 Å². The van der Waals surface area contributed by atoms with Crippen molar-refractivity contribution in [3.05, 3.63) is 62.0 Å². The van der Waals surface area contributed by atoms with E-state index in [4.69, 9.17) is 4.74 Å². The Hall–Kier alpha value is -3.04. The van der Waals surface area contributed by atoms with E-state index in [9.17, 15) is 19.7 Å². The standard InChI is InChI=1S/C21H23N3O5S/c1-13(2)23-10-9-16-17(12-23)30-20(19(16)21(26)29-3)22-18(25)8-7-14-5-4-6-15(11-14)24(27)28/h4-8,11,13H,9-10,12H2,1-3H3,(H,22,25)/b8-7-. The van der Waals surface area contributed by atoms with E-state index in [1.807, 2.05) is 0 Å². The second-order valence-electron chi connectivity index (χ2n) is 7.19. The van der Waals surface area contributed by atoms with Crippen LogP contribution in [0.15, 0.2) is 30.3 Å². The van der Waals surface area contributed by atoms with Crippen molar-refractivity contribution in [1.82, 2.24) is 4.90 Å². The third-order valence-electron chi connectivity index (χ3n) is 4.95. The fraction of sp³-hybridized carbons (Fsp3) is 0.333. The molecule has 1 aliphatic rings. The molecule has 1 aromatic heterocycles. The summed E-state index contributed by atoms with van der Waals surface area (Å²) in [4.78, 5) is 38.6. The fourth-order valence-corrected chi connectivity index (χ4v) is 4.60. The van der Waals surface area contributed by atoms with Gasteiger partial charge in [-0.2, -0.15) is 0 Å². The molecule has 0 fully saturated rings. The third-order valence-corrected chi connectivity index (χ3v) is 6.08. The SMILES string of the molecule is COC(=O)c1c(NC(=O)/C=C\c2cccc([N+](=O)[O-])c2)sc2c1CCN(C(C)C)C2. The molecule has 0 radical (unpaired) electrons. The molecule has 0 unspecified atom stereocenters. The zero-order valence-corrected chi connectivity index (χ0v) is 17.8. The van der Waals surface area contributed by atoms with E-state index < -0.39 is 16.8 Å². The van der Waals surface area contributed by atoms with Gasteiger partial charge in [0.2, 0.25) is 5.91 Å².